The fourth-order valence-corrected chi connectivity index (χ4v) is 1.67. The van der Waals surface area contributed by atoms with E-state index in [0.717, 1.165) is 18.9 Å². The third-order valence-electron chi connectivity index (χ3n) is 3.02. The van der Waals surface area contributed by atoms with Crippen molar-refractivity contribution in [1.82, 2.24) is 5.32 Å². The number of nitrogens with one attached hydrogen (secondary N) is 1. The smallest absolute Gasteiger partial charge is 0.0317 e. The van der Waals surface area contributed by atoms with Crippen molar-refractivity contribution >= 4 is 0 Å². The molecule has 0 fully saturated rings. The molecule has 0 aromatic heterocycles. The lowest BCUT2D eigenvalue weighted by Crippen LogP contribution is -2.25. The normalized spacial score (nSPS) is 14.9. The van der Waals surface area contributed by atoms with Gasteiger partial charge in [-0.1, -0.05) is 57.5 Å². The highest BCUT2D eigenvalue weighted by Crippen LogP contribution is 2.16. The minimum Gasteiger partial charge on any atom is -0.310 e. The molecule has 0 aliphatic heterocycles. The van der Waals surface area contributed by atoms with E-state index in [9.17, 15) is 0 Å². The van der Waals surface area contributed by atoms with Gasteiger partial charge < -0.3 is 5.32 Å². The standard InChI is InChI=1S/C14H23N/c1-4-12(3)11-15-14(5-2)13-9-7-6-8-10-13/h6-10,12,14-15H,4-5,11H2,1-3H3/t12-,14+/m0/s1. The Morgan fingerprint density at radius 2 is 1.73 bits per heavy atom. The van der Waals surface area contributed by atoms with Gasteiger partial charge in [0.2, 0.25) is 0 Å². The fourth-order valence-electron chi connectivity index (χ4n) is 1.67. The Labute approximate surface area is 93.9 Å². The molecular formula is C14H23N. The molecule has 0 radical (unpaired) electrons. The summed E-state index contributed by atoms with van der Waals surface area (Å²) in [5, 5.41) is 3.64. The Balaban J connectivity index is 2.50. The lowest BCUT2D eigenvalue weighted by Gasteiger charge is -2.19. The zero-order chi connectivity index (χ0) is 11.1. The first kappa shape index (κ1) is 12.3. The second-order valence-corrected chi connectivity index (χ2v) is 4.29. The topological polar surface area (TPSA) is 12.0 Å². The van der Waals surface area contributed by atoms with Crippen LogP contribution in [-0.2, 0) is 0 Å². The first-order valence-electron chi connectivity index (χ1n) is 6.06. The molecule has 0 aliphatic rings. The van der Waals surface area contributed by atoms with E-state index < -0.39 is 0 Å². The van der Waals surface area contributed by atoms with Gasteiger partial charge in [0, 0.05) is 6.04 Å². The molecule has 1 heteroatoms. The highest BCUT2D eigenvalue weighted by atomic mass is 14.9. The Kier molecular flexibility index (Phi) is 5.41. The van der Waals surface area contributed by atoms with Gasteiger partial charge in [-0.25, -0.2) is 0 Å². The van der Waals surface area contributed by atoms with E-state index in [1.165, 1.54) is 12.0 Å². The summed E-state index contributed by atoms with van der Waals surface area (Å²) in [5.74, 6) is 0.766. The van der Waals surface area contributed by atoms with Crippen LogP contribution in [0.3, 0.4) is 0 Å². The summed E-state index contributed by atoms with van der Waals surface area (Å²) >= 11 is 0. The summed E-state index contributed by atoms with van der Waals surface area (Å²) in [5.41, 5.74) is 1.41. The average Bonchev–Trinajstić information content (AvgIpc) is 2.31. The summed E-state index contributed by atoms with van der Waals surface area (Å²) in [6, 6.07) is 11.2. The highest BCUT2D eigenvalue weighted by Gasteiger charge is 2.08. The number of hydrogen-bond donors (Lipinski definition) is 1. The minimum atomic E-state index is 0.514. The van der Waals surface area contributed by atoms with Crippen molar-refractivity contribution < 1.29 is 0 Å². The van der Waals surface area contributed by atoms with Gasteiger partial charge in [0.25, 0.3) is 0 Å². The summed E-state index contributed by atoms with van der Waals surface area (Å²) in [7, 11) is 0. The molecule has 0 spiro atoms. The van der Waals surface area contributed by atoms with E-state index in [1.54, 1.807) is 0 Å². The van der Waals surface area contributed by atoms with E-state index in [0.29, 0.717) is 6.04 Å². The van der Waals surface area contributed by atoms with Crippen molar-refractivity contribution in [2.75, 3.05) is 6.54 Å². The maximum Gasteiger partial charge on any atom is 0.0317 e. The maximum atomic E-state index is 3.64. The van der Waals surface area contributed by atoms with Gasteiger partial charge in [0.15, 0.2) is 0 Å². The third-order valence-corrected chi connectivity index (χ3v) is 3.02. The number of rotatable bonds is 6. The highest BCUT2D eigenvalue weighted by molar-refractivity contribution is 5.18. The molecule has 1 rings (SSSR count). The predicted octanol–water partition coefficient (Wildman–Crippen LogP) is 3.77. The molecule has 15 heavy (non-hydrogen) atoms. The van der Waals surface area contributed by atoms with E-state index >= 15 is 0 Å². The van der Waals surface area contributed by atoms with Crippen LogP contribution in [0.25, 0.3) is 0 Å². The monoisotopic (exact) mass is 205 g/mol. The molecule has 0 unspecified atom stereocenters. The van der Waals surface area contributed by atoms with Gasteiger partial charge in [0.05, 0.1) is 0 Å². The molecule has 0 heterocycles. The van der Waals surface area contributed by atoms with Crippen LogP contribution in [0.4, 0.5) is 0 Å². The SMILES string of the molecule is CC[C@H](C)CN[C@H](CC)c1ccccc1. The molecule has 1 nitrogen and oxygen atoms in total. The van der Waals surface area contributed by atoms with Crippen molar-refractivity contribution in [3.05, 3.63) is 35.9 Å². The van der Waals surface area contributed by atoms with Gasteiger partial charge >= 0.3 is 0 Å². The largest absolute Gasteiger partial charge is 0.310 e. The van der Waals surface area contributed by atoms with E-state index in [-0.39, 0.29) is 0 Å². The molecular weight excluding hydrogens is 182 g/mol. The maximum absolute atomic E-state index is 3.64. The van der Waals surface area contributed by atoms with Gasteiger partial charge in [0.1, 0.15) is 0 Å². The molecule has 0 aliphatic carbocycles. The van der Waals surface area contributed by atoms with Crippen LogP contribution >= 0.6 is 0 Å². The molecule has 0 saturated carbocycles. The summed E-state index contributed by atoms with van der Waals surface area (Å²) in [4.78, 5) is 0. The van der Waals surface area contributed by atoms with Gasteiger partial charge in [-0.2, -0.15) is 0 Å². The van der Waals surface area contributed by atoms with Gasteiger partial charge in [-0.15, -0.1) is 0 Å². The van der Waals surface area contributed by atoms with Crippen LogP contribution in [0.2, 0.25) is 0 Å². The van der Waals surface area contributed by atoms with Crippen molar-refractivity contribution in [1.29, 1.82) is 0 Å². The first-order chi connectivity index (χ1) is 7.27. The quantitative estimate of drug-likeness (QED) is 0.745. The predicted molar refractivity (Wildman–Crippen MR) is 66.9 cm³/mol. The van der Waals surface area contributed by atoms with Crippen molar-refractivity contribution in [3.8, 4) is 0 Å². The van der Waals surface area contributed by atoms with E-state index in [1.807, 2.05) is 0 Å². The summed E-state index contributed by atoms with van der Waals surface area (Å²) in [6.45, 7) is 7.89. The molecule has 0 bridgehead atoms. The minimum absolute atomic E-state index is 0.514. The zero-order valence-electron chi connectivity index (χ0n) is 10.2. The van der Waals surface area contributed by atoms with E-state index in [2.05, 4.69) is 56.4 Å². The van der Waals surface area contributed by atoms with Crippen molar-refractivity contribution in [2.45, 2.75) is 39.7 Å². The molecule has 84 valence electrons. The first-order valence-corrected chi connectivity index (χ1v) is 6.06. The van der Waals surface area contributed by atoms with Crippen LogP contribution in [-0.4, -0.2) is 6.54 Å². The lowest BCUT2D eigenvalue weighted by molar-refractivity contribution is 0.438. The van der Waals surface area contributed by atoms with Crippen molar-refractivity contribution in [3.63, 3.8) is 0 Å². The second-order valence-electron chi connectivity index (χ2n) is 4.29. The second kappa shape index (κ2) is 6.62. The Morgan fingerprint density at radius 1 is 1.07 bits per heavy atom. The Hall–Kier alpha value is -0.820. The Bertz CT molecular complexity index is 255. The molecule has 1 aromatic rings. The molecule has 1 aromatic carbocycles. The third kappa shape index (κ3) is 4.05. The lowest BCUT2D eigenvalue weighted by atomic mass is 10.0. The zero-order valence-corrected chi connectivity index (χ0v) is 10.2. The van der Waals surface area contributed by atoms with Crippen LogP contribution in [0.15, 0.2) is 30.3 Å². The fraction of sp³-hybridized carbons (Fsp3) is 0.571. The summed E-state index contributed by atoms with van der Waals surface area (Å²) < 4.78 is 0. The summed E-state index contributed by atoms with van der Waals surface area (Å²) in [6.07, 6.45) is 2.40. The van der Waals surface area contributed by atoms with Crippen LogP contribution in [0.1, 0.15) is 45.2 Å². The molecule has 2 atom stereocenters. The number of benzene rings is 1. The van der Waals surface area contributed by atoms with Crippen LogP contribution in [0, 0.1) is 5.92 Å². The Morgan fingerprint density at radius 3 is 2.27 bits per heavy atom. The van der Waals surface area contributed by atoms with Crippen LogP contribution in [0.5, 0.6) is 0 Å². The van der Waals surface area contributed by atoms with Gasteiger partial charge in [-0.05, 0) is 24.4 Å². The van der Waals surface area contributed by atoms with Crippen LogP contribution < -0.4 is 5.32 Å². The number of hydrogen-bond acceptors (Lipinski definition) is 1. The van der Waals surface area contributed by atoms with E-state index in [4.69, 9.17) is 0 Å². The van der Waals surface area contributed by atoms with Crippen molar-refractivity contribution in [2.24, 2.45) is 5.92 Å². The van der Waals surface area contributed by atoms with Gasteiger partial charge in [-0.3, -0.25) is 0 Å². The molecule has 0 amide bonds. The molecule has 0 saturated heterocycles. The molecule has 1 N–H and O–H groups in total. The average molecular weight is 205 g/mol.